The van der Waals surface area contributed by atoms with Gasteiger partial charge in [-0.1, -0.05) is 0 Å². The summed E-state index contributed by atoms with van der Waals surface area (Å²) in [4.78, 5) is 40.3. The molecule has 2 aromatic heterocycles. The van der Waals surface area contributed by atoms with Gasteiger partial charge in [0.15, 0.2) is 12.1 Å². The molecule has 1 N–H and O–H groups in total. The van der Waals surface area contributed by atoms with Crippen LogP contribution in [0.5, 0.6) is 0 Å². The number of rotatable bonds is 4. The third-order valence-corrected chi connectivity index (χ3v) is 5.85. The summed E-state index contributed by atoms with van der Waals surface area (Å²) in [7, 11) is 0. The van der Waals surface area contributed by atoms with Crippen molar-refractivity contribution in [1.29, 1.82) is 0 Å². The Balaban J connectivity index is 1.44. The van der Waals surface area contributed by atoms with Crippen molar-refractivity contribution < 1.29 is 14.0 Å². The van der Waals surface area contributed by atoms with Crippen LogP contribution in [0.1, 0.15) is 47.6 Å². The van der Waals surface area contributed by atoms with E-state index in [1.54, 1.807) is 19.4 Å². The summed E-state index contributed by atoms with van der Waals surface area (Å²) in [6, 6.07) is 0. The summed E-state index contributed by atoms with van der Waals surface area (Å²) in [6.45, 7) is 4.55. The number of carbonyl (C=O) groups excluding carboxylic acids is 2. The highest BCUT2D eigenvalue weighted by molar-refractivity contribution is 5.93. The minimum absolute atomic E-state index is 0.0204. The number of likely N-dealkylation sites (tertiary alicyclic amines) is 2. The Hall–Kier alpha value is -2.64. The number of piperidine rings is 2. The first-order valence-corrected chi connectivity index (χ1v) is 9.51. The average molecular weight is 371 g/mol. The lowest BCUT2D eigenvalue weighted by atomic mass is 9.73. The highest BCUT2D eigenvalue weighted by atomic mass is 16.3. The Labute approximate surface area is 158 Å². The third kappa shape index (κ3) is 3.61. The summed E-state index contributed by atoms with van der Waals surface area (Å²) in [5.74, 6) is 0.691. The van der Waals surface area contributed by atoms with Gasteiger partial charge in [0.2, 0.25) is 5.91 Å². The zero-order valence-corrected chi connectivity index (χ0v) is 15.6. The highest BCUT2D eigenvalue weighted by Crippen LogP contribution is 2.39. The quantitative estimate of drug-likeness (QED) is 0.884. The van der Waals surface area contributed by atoms with Crippen LogP contribution in [0.4, 0.5) is 0 Å². The predicted octanol–water partition coefficient (Wildman–Crippen LogP) is 1.79. The number of hydrogen-bond acceptors (Lipinski definition) is 5. The number of amides is 2. The molecule has 1 unspecified atom stereocenters. The zero-order valence-electron chi connectivity index (χ0n) is 15.6. The van der Waals surface area contributed by atoms with E-state index in [4.69, 9.17) is 4.42 Å². The number of aromatic amines is 1. The minimum Gasteiger partial charge on any atom is -0.448 e. The van der Waals surface area contributed by atoms with Crippen molar-refractivity contribution in [2.45, 2.75) is 39.0 Å². The number of nitrogens with one attached hydrogen (secondary N) is 1. The van der Waals surface area contributed by atoms with Crippen molar-refractivity contribution in [3.8, 4) is 0 Å². The maximum Gasteiger partial charge on any atom is 0.276 e. The number of oxazole rings is 1. The number of aromatic nitrogens is 3. The molecule has 0 saturated carbocycles. The van der Waals surface area contributed by atoms with Crippen LogP contribution in [-0.4, -0.2) is 62.7 Å². The molecule has 0 radical (unpaired) electrons. The van der Waals surface area contributed by atoms with Crippen molar-refractivity contribution >= 4 is 11.8 Å². The average Bonchev–Trinajstić information content (AvgIpc) is 3.34. The number of carbonyl (C=O) groups is 2. The molecule has 8 nitrogen and oxygen atoms in total. The van der Waals surface area contributed by atoms with Crippen molar-refractivity contribution in [3.63, 3.8) is 0 Å². The van der Waals surface area contributed by atoms with Crippen molar-refractivity contribution in [3.05, 3.63) is 36.1 Å². The molecule has 0 aliphatic carbocycles. The third-order valence-electron chi connectivity index (χ3n) is 5.85. The molecule has 2 aliphatic rings. The van der Waals surface area contributed by atoms with Crippen LogP contribution >= 0.6 is 0 Å². The fourth-order valence-electron chi connectivity index (χ4n) is 4.36. The Kier molecular flexibility index (Phi) is 4.72. The lowest BCUT2D eigenvalue weighted by molar-refractivity contribution is -0.138. The first kappa shape index (κ1) is 17.8. The molecule has 0 bridgehead atoms. The second-order valence-corrected chi connectivity index (χ2v) is 7.73. The van der Waals surface area contributed by atoms with Gasteiger partial charge in [-0.2, -0.15) is 0 Å². The van der Waals surface area contributed by atoms with Gasteiger partial charge in [0, 0.05) is 56.3 Å². The van der Waals surface area contributed by atoms with Gasteiger partial charge in [-0.05, 0) is 26.2 Å². The molecule has 8 heteroatoms. The highest BCUT2D eigenvalue weighted by Gasteiger charge is 2.43. The molecule has 4 heterocycles. The van der Waals surface area contributed by atoms with E-state index in [9.17, 15) is 9.59 Å². The summed E-state index contributed by atoms with van der Waals surface area (Å²) in [5, 5.41) is 0. The van der Waals surface area contributed by atoms with Crippen molar-refractivity contribution in [2.24, 2.45) is 5.41 Å². The van der Waals surface area contributed by atoms with Crippen LogP contribution < -0.4 is 0 Å². The Morgan fingerprint density at radius 2 is 2.26 bits per heavy atom. The first-order valence-electron chi connectivity index (χ1n) is 9.51. The van der Waals surface area contributed by atoms with E-state index in [-0.39, 0.29) is 17.2 Å². The summed E-state index contributed by atoms with van der Waals surface area (Å²) in [5.41, 5.74) is 1.41. The fourth-order valence-corrected chi connectivity index (χ4v) is 4.36. The molecular weight excluding hydrogens is 346 g/mol. The van der Waals surface area contributed by atoms with Crippen molar-refractivity contribution in [2.75, 3.05) is 26.2 Å². The van der Waals surface area contributed by atoms with Crippen LogP contribution in [-0.2, 0) is 11.2 Å². The molecule has 2 aromatic rings. The maximum absolute atomic E-state index is 12.8. The van der Waals surface area contributed by atoms with E-state index in [2.05, 4.69) is 15.0 Å². The van der Waals surface area contributed by atoms with Gasteiger partial charge in [-0.3, -0.25) is 9.59 Å². The predicted molar refractivity (Wildman–Crippen MR) is 96.9 cm³/mol. The van der Waals surface area contributed by atoms with E-state index < -0.39 is 0 Å². The van der Waals surface area contributed by atoms with Crippen LogP contribution in [0.15, 0.2) is 23.3 Å². The molecule has 27 heavy (non-hydrogen) atoms. The Morgan fingerprint density at radius 3 is 3.00 bits per heavy atom. The van der Waals surface area contributed by atoms with Crippen molar-refractivity contribution in [1.82, 2.24) is 24.8 Å². The molecular formula is C19H25N5O3. The summed E-state index contributed by atoms with van der Waals surface area (Å²) in [6.07, 6.45) is 8.92. The molecule has 144 valence electrons. The van der Waals surface area contributed by atoms with E-state index in [0.717, 1.165) is 37.9 Å². The Bertz CT molecular complexity index is 815. The van der Waals surface area contributed by atoms with Gasteiger partial charge in [-0.25, -0.2) is 9.97 Å². The zero-order chi connectivity index (χ0) is 18.9. The van der Waals surface area contributed by atoms with Crippen LogP contribution in [0, 0.1) is 12.3 Å². The number of H-pyrrole nitrogens is 1. The van der Waals surface area contributed by atoms with Crippen LogP contribution in [0.2, 0.25) is 0 Å². The normalized spacial score (nSPS) is 23.2. The molecule has 2 amide bonds. The SMILES string of the molecule is Cc1ocnc1C(=O)N1CCCC2(CCC(=O)N(CCc3cnc[nH]3)C2)C1. The number of aryl methyl sites for hydroxylation is 1. The topological polar surface area (TPSA) is 95.3 Å². The second-order valence-electron chi connectivity index (χ2n) is 7.73. The van der Waals surface area contributed by atoms with E-state index in [1.807, 2.05) is 9.80 Å². The fraction of sp³-hybridized carbons (Fsp3) is 0.579. The smallest absolute Gasteiger partial charge is 0.276 e. The Morgan fingerprint density at radius 1 is 1.37 bits per heavy atom. The van der Waals surface area contributed by atoms with Gasteiger partial charge in [0.05, 0.1) is 6.33 Å². The summed E-state index contributed by atoms with van der Waals surface area (Å²) >= 11 is 0. The molecule has 2 aliphatic heterocycles. The largest absolute Gasteiger partial charge is 0.448 e. The molecule has 0 aromatic carbocycles. The van der Waals surface area contributed by atoms with Gasteiger partial charge in [-0.15, -0.1) is 0 Å². The molecule has 2 saturated heterocycles. The van der Waals surface area contributed by atoms with Crippen LogP contribution in [0.3, 0.4) is 0 Å². The molecule has 1 atom stereocenters. The number of hydrogen-bond donors (Lipinski definition) is 1. The monoisotopic (exact) mass is 371 g/mol. The minimum atomic E-state index is -0.0683. The van der Waals surface area contributed by atoms with Gasteiger partial charge in [0.25, 0.3) is 5.91 Å². The standard InChI is InChI=1S/C19H25N5O3/c1-14-17(22-13-27-14)18(26)24-7-2-5-19(11-24)6-3-16(25)23(10-19)8-4-15-9-20-12-21-15/h9,12-13H,2-8,10-11H2,1H3,(H,20,21). The second kappa shape index (κ2) is 7.17. The van der Waals surface area contributed by atoms with E-state index in [1.165, 1.54) is 6.39 Å². The van der Waals surface area contributed by atoms with Gasteiger partial charge in [0.1, 0.15) is 5.76 Å². The number of imidazole rings is 1. The van der Waals surface area contributed by atoms with E-state index in [0.29, 0.717) is 37.5 Å². The van der Waals surface area contributed by atoms with Gasteiger partial charge < -0.3 is 19.2 Å². The molecule has 4 rings (SSSR count). The first-order chi connectivity index (χ1) is 13.1. The summed E-state index contributed by atoms with van der Waals surface area (Å²) < 4.78 is 5.19. The maximum atomic E-state index is 12.8. The van der Waals surface area contributed by atoms with E-state index >= 15 is 0 Å². The lowest BCUT2D eigenvalue weighted by Gasteiger charge is -2.48. The number of nitrogens with zero attached hydrogens (tertiary/aromatic N) is 4. The molecule has 1 spiro atoms. The lowest BCUT2D eigenvalue weighted by Crippen LogP contribution is -2.55. The van der Waals surface area contributed by atoms with Gasteiger partial charge >= 0.3 is 0 Å². The molecule has 2 fully saturated rings. The van der Waals surface area contributed by atoms with Crippen LogP contribution in [0.25, 0.3) is 0 Å².